The van der Waals surface area contributed by atoms with Crippen molar-refractivity contribution in [3.63, 3.8) is 0 Å². The van der Waals surface area contributed by atoms with Crippen molar-refractivity contribution >= 4 is 5.91 Å². The highest BCUT2D eigenvalue weighted by molar-refractivity contribution is 5.79. The maximum atomic E-state index is 11.9. The van der Waals surface area contributed by atoms with Crippen LogP contribution in [-0.4, -0.2) is 17.6 Å². The van der Waals surface area contributed by atoms with Gasteiger partial charge in [0.05, 0.1) is 12.6 Å². The van der Waals surface area contributed by atoms with E-state index in [4.69, 9.17) is 0 Å². The standard InChI is InChI=1S/C14H21NO2/c1-10(2)11(3)14(17)15-13(9-16)12-7-5-4-6-8-12/h4-8,10-11,13,16H,9H2,1-3H3,(H,15,17). The van der Waals surface area contributed by atoms with E-state index in [1.807, 2.05) is 51.1 Å². The minimum Gasteiger partial charge on any atom is -0.394 e. The van der Waals surface area contributed by atoms with Crippen molar-refractivity contribution in [3.8, 4) is 0 Å². The van der Waals surface area contributed by atoms with Gasteiger partial charge in [-0.3, -0.25) is 4.79 Å². The predicted molar refractivity (Wildman–Crippen MR) is 68.4 cm³/mol. The van der Waals surface area contributed by atoms with Crippen molar-refractivity contribution in [3.05, 3.63) is 35.9 Å². The highest BCUT2D eigenvalue weighted by Crippen LogP contribution is 2.15. The molecule has 1 rings (SSSR count). The molecule has 0 aromatic heterocycles. The zero-order valence-corrected chi connectivity index (χ0v) is 10.7. The minimum atomic E-state index is -0.315. The second-order valence-corrected chi connectivity index (χ2v) is 4.69. The Morgan fingerprint density at radius 2 is 1.82 bits per heavy atom. The van der Waals surface area contributed by atoms with Crippen molar-refractivity contribution in [2.24, 2.45) is 11.8 Å². The molecule has 0 heterocycles. The fraction of sp³-hybridized carbons (Fsp3) is 0.500. The number of amides is 1. The number of carbonyl (C=O) groups excluding carboxylic acids is 1. The van der Waals surface area contributed by atoms with Crippen LogP contribution in [0.1, 0.15) is 32.4 Å². The van der Waals surface area contributed by atoms with Gasteiger partial charge < -0.3 is 10.4 Å². The normalized spacial score (nSPS) is 14.4. The SMILES string of the molecule is CC(C)C(C)C(=O)NC(CO)c1ccccc1. The topological polar surface area (TPSA) is 49.3 Å². The molecule has 17 heavy (non-hydrogen) atoms. The summed E-state index contributed by atoms with van der Waals surface area (Å²) in [5.74, 6) is 0.237. The lowest BCUT2D eigenvalue weighted by atomic mass is 9.96. The van der Waals surface area contributed by atoms with Gasteiger partial charge in [0.1, 0.15) is 0 Å². The van der Waals surface area contributed by atoms with Gasteiger partial charge in [0.25, 0.3) is 0 Å². The zero-order chi connectivity index (χ0) is 12.8. The summed E-state index contributed by atoms with van der Waals surface area (Å²) in [4.78, 5) is 11.9. The summed E-state index contributed by atoms with van der Waals surface area (Å²) in [6, 6.07) is 9.20. The fourth-order valence-electron chi connectivity index (χ4n) is 1.53. The Kier molecular flexibility index (Phi) is 5.16. The highest BCUT2D eigenvalue weighted by Gasteiger charge is 2.20. The van der Waals surface area contributed by atoms with Gasteiger partial charge in [0, 0.05) is 5.92 Å². The number of aliphatic hydroxyl groups excluding tert-OH is 1. The van der Waals surface area contributed by atoms with Crippen LogP contribution in [0.3, 0.4) is 0 Å². The van der Waals surface area contributed by atoms with Crippen LogP contribution in [-0.2, 0) is 4.79 Å². The quantitative estimate of drug-likeness (QED) is 0.821. The number of rotatable bonds is 5. The van der Waals surface area contributed by atoms with Crippen molar-refractivity contribution in [2.75, 3.05) is 6.61 Å². The second-order valence-electron chi connectivity index (χ2n) is 4.69. The minimum absolute atomic E-state index is 0.0112. The molecule has 0 aliphatic heterocycles. The third-order valence-corrected chi connectivity index (χ3v) is 3.11. The maximum Gasteiger partial charge on any atom is 0.223 e. The fourth-order valence-corrected chi connectivity index (χ4v) is 1.53. The average Bonchev–Trinajstić information content (AvgIpc) is 2.35. The van der Waals surface area contributed by atoms with E-state index in [1.165, 1.54) is 0 Å². The van der Waals surface area contributed by atoms with Gasteiger partial charge in [-0.2, -0.15) is 0 Å². The van der Waals surface area contributed by atoms with Gasteiger partial charge in [-0.25, -0.2) is 0 Å². The van der Waals surface area contributed by atoms with Crippen LogP contribution in [0.5, 0.6) is 0 Å². The number of aliphatic hydroxyl groups is 1. The first-order valence-electron chi connectivity index (χ1n) is 6.02. The van der Waals surface area contributed by atoms with E-state index in [0.717, 1.165) is 5.56 Å². The van der Waals surface area contributed by atoms with Gasteiger partial charge in [-0.1, -0.05) is 51.1 Å². The van der Waals surface area contributed by atoms with Crippen molar-refractivity contribution in [2.45, 2.75) is 26.8 Å². The van der Waals surface area contributed by atoms with E-state index in [9.17, 15) is 9.90 Å². The van der Waals surface area contributed by atoms with Gasteiger partial charge >= 0.3 is 0 Å². The molecule has 0 radical (unpaired) electrons. The monoisotopic (exact) mass is 235 g/mol. The van der Waals surface area contributed by atoms with E-state index in [2.05, 4.69) is 5.32 Å². The molecule has 2 unspecified atom stereocenters. The van der Waals surface area contributed by atoms with E-state index >= 15 is 0 Å². The van der Waals surface area contributed by atoms with Gasteiger partial charge in [-0.05, 0) is 11.5 Å². The number of nitrogens with one attached hydrogen (secondary N) is 1. The first-order chi connectivity index (χ1) is 8.06. The predicted octanol–water partition coefficient (Wildman–Crippen LogP) is 2.13. The van der Waals surface area contributed by atoms with Crippen molar-refractivity contribution in [1.29, 1.82) is 0 Å². The summed E-state index contributed by atoms with van der Waals surface area (Å²) in [6.45, 7) is 5.85. The Balaban J connectivity index is 2.68. The molecule has 2 N–H and O–H groups in total. The van der Waals surface area contributed by atoms with Crippen LogP contribution in [0.2, 0.25) is 0 Å². The number of carbonyl (C=O) groups is 1. The zero-order valence-electron chi connectivity index (χ0n) is 10.7. The second kappa shape index (κ2) is 6.40. The maximum absolute atomic E-state index is 11.9. The number of hydrogen-bond acceptors (Lipinski definition) is 2. The van der Waals surface area contributed by atoms with Crippen LogP contribution in [0.15, 0.2) is 30.3 Å². The smallest absolute Gasteiger partial charge is 0.223 e. The molecule has 1 aromatic rings. The lowest BCUT2D eigenvalue weighted by molar-refractivity contribution is -0.126. The summed E-state index contributed by atoms with van der Waals surface area (Å²) < 4.78 is 0. The third-order valence-electron chi connectivity index (χ3n) is 3.11. The van der Waals surface area contributed by atoms with E-state index in [1.54, 1.807) is 0 Å². The molecule has 1 amide bonds. The molecule has 0 spiro atoms. The largest absolute Gasteiger partial charge is 0.394 e. The van der Waals surface area contributed by atoms with E-state index < -0.39 is 0 Å². The molecule has 94 valence electrons. The van der Waals surface area contributed by atoms with Crippen molar-refractivity contribution in [1.82, 2.24) is 5.32 Å². The van der Waals surface area contributed by atoms with Gasteiger partial charge in [0.2, 0.25) is 5.91 Å². The Bertz CT molecular complexity index is 348. The molecular formula is C14H21NO2. The van der Waals surface area contributed by atoms with Crippen LogP contribution >= 0.6 is 0 Å². The summed E-state index contributed by atoms with van der Waals surface area (Å²) >= 11 is 0. The van der Waals surface area contributed by atoms with Crippen molar-refractivity contribution < 1.29 is 9.90 Å². The third kappa shape index (κ3) is 3.86. The molecular weight excluding hydrogens is 214 g/mol. The van der Waals surface area contributed by atoms with E-state index in [0.29, 0.717) is 5.92 Å². The number of benzene rings is 1. The molecule has 1 aromatic carbocycles. The van der Waals surface area contributed by atoms with Crippen LogP contribution < -0.4 is 5.32 Å². The molecule has 0 saturated heterocycles. The van der Waals surface area contributed by atoms with Crippen LogP contribution in [0.25, 0.3) is 0 Å². The van der Waals surface area contributed by atoms with Crippen LogP contribution in [0, 0.1) is 11.8 Å². The Hall–Kier alpha value is -1.35. The first-order valence-corrected chi connectivity index (χ1v) is 6.02. The molecule has 0 aliphatic carbocycles. The summed E-state index contributed by atoms with van der Waals surface area (Å²) in [5, 5.41) is 12.2. The molecule has 0 fully saturated rings. The first kappa shape index (κ1) is 13.7. The Morgan fingerprint density at radius 3 is 2.29 bits per heavy atom. The summed E-state index contributed by atoms with van der Waals surface area (Å²) in [7, 11) is 0. The molecule has 3 nitrogen and oxygen atoms in total. The van der Waals surface area contributed by atoms with E-state index in [-0.39, 0.29) is 24.5 Å². The molecule has 0 saturated carbocycles. The Labute approximate surface area is 103 Å². The highest BCUT2D eigenvalue weighted by atomic mass is 16.3. The molecule has 2 atom stereocenters. The molecule has 0 bridgehead atoms. The lowest BCUT2D eigenvalue weighted by Gasteiger charge is -2.21. The van der Waals surface area contributed by atoms with Crippen LogP contribution in [0.4, 0.5) is 0 Å². The Morgan fingerprint density at radius 1 is 1.24 bits per heavy atom. The van der Waals surface area contributed by atoms with Gasteiger partial charge in [0.15, 0.2) is 0 Å². The number of hydrogen-bond donors (Lipinski definition) is 2. The molecule has 0 aliphatic rings. The summed E-state index contributed by atoms with van der Waals surface area (Å²) in [6.07, 6.45) is 0. The van der Waals surface area contributed by atoms with Gasteiger partial charge in [-0.15, -0.1) is 0 Å². The lowest BCUT2D eigenvalue weighted by Crippen LogP contribution is -2.36. The molecule has 3 heteroatoms. The summed E-state index contributed by atoms with van der Waals surface area (Å²) in [5.41, 5.74) is 0.930. The average molecular weight is 235 g/mol.